The molecule has 0 aromatic rings. The molecule has 2 fully saturated rings. The summed E-state index contributed by atoms with van der Waals surface area (Å²) in [5.41, 5.74) is 0. The molecule has 1 aliphatic heterocycles. The van der Waals surface area contributed by atoms with Gasteiger partial charge in [0.2, 0.25) is 0 Å². The second-order valence-corrected chi connectivity index (χ2v) is 4.31. The molecule has 0 aromatic heterocycles. The zero-order valence-corrected chi connectivity index (χ0v) is 8.05. The molecule has 0 radical (unpaired) electrons. The van der Waals surface area contributed by atoms with E-state index in [0.29, 0.717) is 0 Å². The molecule has 1 N–H and O–H groups in total. The minimum atomic E-state index is 0.819. The van der Waals surface area contributed by atoms with Crippen molar-refractivity contribution in [2.45, 2.75) is 44.2 Å². The van der Waals surface area contributed by atoms with Crippen LogP contribution in [0.5, 0.6) is 0 Å². The van der Waals surface area contributed by atoms with Crippen molar-refractivity contribution < 1.29 is 0 Å². The van der Waals surface area contributed by atoms with Crippen LogP contribution in [-0.2, 0) is 0 Å². The van der Waals surface area contributed by atoms with Crippen LogP contribution in [0.3, 0.4) is 0 Å². The Morgan fingerprint density at radius 1 is 1.25 bits per heavy atom. The van der Waals surface area contributed by atoms with E-state index in [4.69, 9.17) is 0 Å². The van der Waals surface area contributed by atoms with Crippen LogP contribution in [0.2, 0.25) is 0 Å². The van der Waals surface area contributed by atoms with Crippen molar-refractivity contribution in [2.24, 2.45) is 0 Å². The molecule has 2 nitrogen and oxygen atoms in total. The van der Waals surface area contributed by atoms with Gasteiger partial charge in [-0.15, -0.1) is 0 Å². The van der Waals surface area contributed by atoms with E-state index in [2.05, 4.69) is 17.3 Å². The molecule has 2 aliphatic rings. The molecule has 12 heavy (non-hydrogen) atoms. The first kappa shape index (κ1) is 8.52. The van der Waals surface area contributed by atoms with Crippen molar-refractivity contribution in [1.29, 1.82) is 0 Å². The Kier molecular flexibility index (Phi) is 2.66. The smallest absolute Gasteiger partial charge is 0.0217 e. The van der Waals surface area contributed by atoms with Gasteiger partial charge in [-0.3, -0.25) is 0 Å². The molecular weight excluding hydrogens is 148 g/mol. The molecular formula is C10H20N2. The second kappa shape index (κ2) is 3.75. The number of likely N-dealkylation sites (N-methyl/N-ethyl adjacent to an activating group) is 1. The largest absolute Gasteiger partial charge is 0.312 e. The van der Waals surface area contributed by atoms with E-state index in [1.165, 1.54) is 45.2 Å². The summed E-state index contributed by atoms with van der Waals surface area (Å²) < 4.78 is 0. The fourth-order valence-electron chi connectivity index (χ4n) is 1.99. The standard InChI is InChI=1S/C10H20N2/c1-12-7-3-2-4-10(12)8-11-9-5-6-9/h9-11H,2-8H2,1H3/t10-/m0/s1. The predicted molar refractivity (Wildman–Crippen MR) is 51.3 cm³/mol. The summed E-state index contributed by atoms with van der Waals surface area (Å²) in [7, 11) is 2.26. The molecule has 1 aliphatic carbocycles. The highest BCUT2D eigenvalue weighted by molar-refractivity contribution is 4.84. The summed E-state index contributed by atoms with van der Waals surface area (Å²) in [6, 6.07) is 1.69. The van der Waals surface area contributed by atoms with Crippen LogP contribution in [0.15, 0.2) is 0 Å². The third-order valence-electron chi connectivity index (χ3n) is 3.14. The van der Waals surface area contributed by atoms with E-state index < -0.39 is 0 Å². The summed E-state index contributed by atoms with van der Waals surface area (Å²) in [6.45, 7) is 2.53. The van der Waals surface area contributed by atoms with Crippen LogP contribution in [0, 0.1) is 0 Å². The quantitative estimate of drug-likeness (QED) is 0.681. The van der Waals surface area contributed by atoms with Crippen LogP contribution in [0.1, 0.15) is 32.1 Å². The Balaban J connectivity index is 1.68. The highest BCUT2D eigenvalue weighted by Crippen LogP contribution is 2.20. The number of nitrogens with one attached hydrogen (secondary N) is 1. The van der Waals surface area contributed by atoms with Crippen molar-refractivity contribution in [1.82, 2.24) is 10.2 Å². The minimum absolute atomic E-state index is 0.819. The van der Waals surface area contributed by atoms with Crippen LogP contribution in [0.4, 0.5) is 0 Å². The lowest BCUT2D eigenvalue weighted by Gasteiger charge is -2.32. The first-order valence-corrected chi connectivity index (χ1v) is 5.30. The normalized spacial score (nSPS) is 32.2. The monoisotopic (exact) mass is 168 g/mol. The topological polar surface area (TPSA) is 15.3 Å². The Bertz CT molecular complexity index is 143. The molecule has 1 saturated carbocycles. The van der Waals surface area contributed by atoms with Crippen molar-refractivity contribution >= 4 is 0 Å². The molecule has 0 aromatic carbocycles. The maximum Gasteiger partial charge on any atom is 0.0217 e. The lowest BCUT2D eigenvalue weighted by molar-refractivity contribution is 0.181. The third-order valence-corrected chi connectivity index (χ3v) is 3.14. The fraction of sp³-hybridized carbons (Fsp3) is 1.00. The van der Waals surface area contributed by atoms with Gasteiger partial charge in [0.25, 0.3) is 0 Å². The van der Waals surface area contributed by atoms with Crippen molar-refractivity contribution in [2.75, 3.05) is 20.1 Å². The minimum Gasteiger partial charge on any atom is -0.312 e. The van der Waals surface area contributed by atoms with Gasteiger partial charge in [-0.2, -0.15) is 0 Å². The molecule has 0 amide bonds. The number of piperidine rings is 1. The van der Waals surface area contributed by atoms with Gasteiger partial charge in [0.15, 0.2) is 0 Å². The van der Waals surface area contributed by atoms with Crippen molar-refractivity contribution in [3.63, 3.8) is 0 Å². The van der Waals surface area contributed by atoms with E-state index in [0.717, 1.165) is 12.1 Å². The second-order valence-electron chi connectivity index (χ2n) is 4.31. The Hall–Kier alpha value is -0.0800. The lowest BCUT2D eigenvalue weighted by atomic mass is 10.0. The molecule has 1 atom stereocenters. The SMILES string of the molecule is CN1CCCC[C@H]1CNC1CC1. The maximum absolute atomic E-state index is 3.62. The third kappa shape index (κ3) is 2.20. The molecule has 1 saturated heterocycles. The van der Waals surface area contributed by atoms with Gasteiger partial charge in [0.1, 0.15) is 0 Å². The van der Waals surface area contributed by atoms with Gasteiger partial charge in [-0.25, -0.2) is 0 Å². The van der Waals surface area contributed by atoms with E-state index in [9.17, 15) is 0 Å². The van der Waals surface area contributed by atoms with Gasteiger partial charge in [0.05, 0.1) is 0 Å². The van der Waals surface area contributed by atoms with E-state index in [1.807, 2.05) is 0 Å². The summed E-state index contributed by atoms with van der Waals surface area (Å²) in [5, 5.41) is 3.62. The van der Waals surface area contributed by atoms with Crippen molar-refractivity contribution in [3.05, 3.63) is 0 Å². The summed E-state index contributed by atoms with van der Waals surface area (Å²) in [4.78, 5) is 2.51. The first-order valence-electron chi connectivity index (χ1n) is 5.30. The van der Waals surface area contributed by atoms with E-state index >= 15 is 0 Å². The van der Waals surface area contributed by atoms with Crippen LogP contribution in [0.25, 0.3) is 0 Å². The molecule has 0 unspecified atom stereocenters. The number of nitrogens with zero attached hydrogens (tertiary/aromatic N) is 1. The fourth-order valence-corrected chi connectivity index (χ4v) is 1.99. The average Bonchev–Trinajstić information content (AvgIpc) is 2.86. The van der Waals surface area contributed by atoms with Gasteiger partial charge >= 0.3 is 0 Å². The highest BCUT2D eigenvalue weighted by atomic mass is 15.2. The lowest BCUT2D eigenvalue weighted by Crippen LogP contribution is -2.43. The molecule has 2 rings (SSSR count). The average molecular weight is 168 g/mol. The van der Waals surface area contributed by atoms with Crippen LogP contribution in [-0.4, -0.2) is 37.1 Å². The molecule has 1 heterocycles. The zero-order valence-electron chi connectivity index (χ0n) is 8.05. The maximum atomic E-state index is 3.62. The predicted octanol–water partition coefficient (Wildman–Crippen LogP) is 1.22. The summed E-state index contributed by atoms with van der Waals surface area (Å²) in [5.74, 6) is 0. The Morgan fingerprint density at radius 3 is 2.75 bits per heavy atom. The molecule has 0 bridgehead atoms. The highest BCUT2D eigenvalue weighted by Gasteiger charge is 2.24. The van der Waals surface area contributed by atoms with E-state index in [-0.39, 0.29) is 0 Å². The van der Waals surface area contributed by atoms with E-state index in [1.54, 1.807) is 0 Å². The number of hydrogen-bond acceptors (Lipinski definition) is 2. The summed E-state index contributed by atoms with van der Waals surface area (Å²) in [6.07, 6.45) is 7.06. The molecule has 70 valence electrons. The molecule has 2 heteroatoms. The van der Waals surface area contributed by atoms with Gasteiger partial charge in [-0.1, -0.05) is 6.42 Å². The summed E-state index contributed by atoms with van der Waals surface area (Å²) >= 11 is 0. The van der Waals surface area contributed by atoms with Crippen LogP contribution >= 0.6 is 0 Å². The number of hydrogen-bond donors (Lipinski definition) is 1. The van der Waals surface area contributed by atoms with Crippen LogP contribution < -0.4 is 5.32 Å². The van der Waals surface area contributed by atoms with Crippen molar-refractivity contribution in [3.8, 4) is 0 Å². The number of rotatable bonds is 3. The zero-order chi connectivity index (χ0) is 8.39. The van der Waals surface area contributed by atoms with Gasteiger partial charge < -0.3 is 10.2 Å². The molecule has 0 spiro atoms. The van der Waals surface area contributed by atoms with Gasteiger partial charge in [0, 0.05) is 18.6 Å². The number of likely N-dealkylation sites (tertiary alicyclic amines) is 1. The Labute approximate surface area is 75.3 Å². The Morgan fingerprint density at radius 2 is 2.08 bits per heavy atom. The first-order chi connectivity index (χ1) is 5.86. The van der Waals surface area contributed by atoms with Gasteiger partial charge in [-0.05, 0) is 39.3 Å².